The molecule has 0 spiro atoms. The molecular weight excluding hydrogens is 261 g/mol. The van der Waals surface area contributed by atoms with Gasteiger partial charge in [-0.05, 0) is 26.7 Å². The van der Waals surface area contributed by atoms with Gasteiger partial charge in [0.25, 0.3) is 0 Å². The van der Waals surface area contributed by atoms with Gasteiger partial charge in [-0.25, -0.2) is 0 Å². The van der Waals surface area contributed by atoms with Crippen LogP contribution in [-0.2, 0) is 0 Å². The summed E-state index contributed by atoms with van der Waals surface area (Å²) in [5, 5.41) is 0. The summed E-state index contributed by atoms with van der Waals surface area (Å²) in [5.74, 6) is 0. The fraction of sp³-hybridized carbons (Fsp3) is 0.600. The topological polar surface area (TPSA) is 3.24 Å². The van der Waals surface area contributed by atoms with E-state index in [1.54, 1.807) is 0 Å². The molecular formula is C10H16IN. The first-order chi connectivity index (χ1) is 5.75. The van der Waals surface area contributed by atoms with Gasteiger partial charge in [-0.3, -0.25) is 0 Å². The van der Waals surface area contributed by atoms with Crippen molar-refractivity contribution in [1.82, 2.24) is 4.90 Å². The maximum absolute atomic E-state index is 2.43. The molecule has 0 aromatic rings. The quantitative estimate of drug-likeness (QED) is 0.565. The predicted molar refractivity (Wildman–Crippen MR) is 62.3 cm³/mol. The summed E-state index contributed by atoms with van der Waals surface area (Å²) >= 11 is 2.43. The van der Waals surface area contributed by atoms with Crippen LogP contribution in [0.4, 0.5) is 0 Å². The molecule has 0 aromatic heterocycles. The first kappa shape index (κ1) is 10.1. The van der Waals surface area contributed by atoms with Gasteiger partial charge in [0.05, 0.1) is 0 Å². The molecule has 12 heavy (non-hydrogen) atoms. The van der Waals surface area contributed by atoms with Crippen LogP contribution in [-0.4, -0.2) is 15.4 Å². The Labute approximate surface area is 88.7 Å². The van der Waals surface area contributed by atoms with Crippen LogP contribution < -0.4 is 0 Å². The number of hydrogen-bond donors (Lipinski definition) is 0. The van der Waals surface area contributed by atoms with Gasteiger partial charge in [-0.15, -0.1) is 0 Å². The van der Waals surface area contributed by atoms with E-state index in [2.05, 4.69) is 59.7 Å². The summed E-state index contributed by atoms with van der Waals surface area (Å²) < 4.78 is 1.21. The van der Waals surface area contributed by atoms with Crippen molar-refractivity contribution in [3.05, 3.63) is 24.0 Å². The SMILES string of the molecule is CC(C)N1C=CCC=C1CCI. The lowest BCUT2D eigenvalue weighted by atomic mass is 10.1. The zero-order chi connectivity index (χ0) is 8.97. The summed E-state index contributed by atoms with van der Waals surface area (Å²) in [5.41, 5.74) is 1.49. The van der Waals surface area contributed by atoms with Crippen molar-refractivity contribution in [1.29, 1.82) is 0 Å². The molecule has 0 saturated carbocycles. The van der Waals surface area contributed by atoms with Crippen LogP contribution >= 0.6 is 22.6 Å². The van der Waals surface area contributed by atoms with Gasteiger partial charge in [-0.1, -0.05) is 34.7 Å². The Morgan fingerprint density at radius 3 is 2.92 bits per heavy atom. The first-order valence-electron chi connectivity index (χ1n) is 4.45. The van der Waals surface area contributed by atoms with Gasteiger partial charge in [0.2, 0.25) is 0 Å². The summed E-state index contributed by atoms with van der Waals surface area (Å²) in [7, 11) is 0. The van der Waals surface area contributed by atoms with E-state index in [9.17, 15) is 0 Å². The number of alkyl halides is 1. The molecule has 1 aliphatic heterocycles. The third kappa shape index (κ3) is 2.51. The third-order valence-corrected chi connectivity index (χ3v) is 2.53. The molecule has 1 rings (SSSR count). The van der Waals surface area contributed by atoms with Crippen molar-refractivity contribution < 1.29 is 0 Å². The van der Waals surface area contributed by atoms with Crippen molar-refractivity contribution in [2.24, 2.45) is 0 Å². The molecule has 1 nitrogen and oxygen atoms in total. The fourth-order valence-corrected chi connectivity index (χ4v) is 1.96. The number of hydrogen-bond acceptors (Lipinski definition) is 1. The van der Waals surface area contributed by atoms with E-state index in [1.165, 1.54) is 16.5 Å². The molecule has 0 unspecified atom stereocenters. The molecule has 0 fully saturated rings. The second kappa shape index (κ2) is 4.90. The average molecular weight is 277 g/mol. The van der Waals surface area contributed by atoms with E-state index in [1.807, 2.05) is 0 Å². The minimum atomic E-state index is 0.593. The van der Waals surface area contributed by atoms with Crippen LogP contribution in [0.2, 0.25) is 0 Å². The van der Waals surface area contributed by atoms with Gasteiger partial charge >= 0.3 is 0 Å². The van der Waals surface area contributed by atoms with E-state index >= 15 is 0 Å². The van der Waals surface area contributed by atoms with Gasteiger partial charge in [0.1, 0.15) is 0 Å². The van der Waals surface area contributed by atoms with Crippen molar-refractivity contribution in [3.8, 4) is 0 Å². The number of rotatable bonds is 3. The summed E-state index contributed by atoms with van der Waals surface area (Å²) in [6.07, 6.45) is 9.07. The zero-order valence-electron chi connectivity index (χ0n) is 7.76. The highest BCUT2D eigenvalue weighted by Crippen LogP contribution is 2.19. The van der Waals surface area contributed by atoms with Crippen LogP contribution in [0.25, 0.3) is 0 Å². The number of halogens is 1. The van der Waals surface area contributed by atoms with E-state index in [4.69, 9.17) is 0 Å². The van der Waals surface area contributed by atoms with Crippen LogP contribution in [0, 0.1) is 0 Å². The summed E-state index contributed by atoms with van der Waals surface area (Å²) in [6.45, 7) is 4.47. The van der Waals surface area contributed by atoms with Crippen LogP contribution in [0.1, 0.15) is 26.7 Å². The van der Waals surface area contributed by atoms with Crippen molar-refractivity contribution in [2.45, 2.75) is 32.7 Å². The van der Waals surface area contributed by atoms with Gasteiger partial charge in [-0.2, -0.15) is 0 Å². The van der Waals surface area contributed by atoms with Crippen LogP contribution in [0.15, 0.2) is 24.0 Å². The van der Waals surface area contributed by atoms with Gasteiger partial charge in [0.15, 0.2) is 0 Å². The Balaban J connectivity index is 2.62. The second-order valence-corrected chi connectivity index (χ2v) is 4.33. The Kier molecular flexibility index (Phi) is 4.12. The molecule has 0 amide bonds. The first-order valence-corrected chi connectivity index (χ1v) is 5.98. The molecule has 1 aliphatic rings. The van der Waals surface area contributed by atoms with Crippen molar-refractivity contribution in [2.75, 3.05) is 4.43 Å². The Morgan fingerprint density at radius 2 is 2.33 bits per heavy atom. The normalized spacial score (nSPS) is 17.0. The predicted octanol–water partition coefficient (Wildman–Crippen LogP) is 3.32. The number of nitrogens with zero attached hydrogens (tertiary/aromatic N) is 1. The lowest BCUT2D eigenvalue weighted by molar-refractivity contribution is 0.368. The molecule has 0 N–H and O–H groups in total. The minimum Gasteiger partial charge on any atom is -0.350 e. The largest absolute Gasteiger partial charge is 0.350 e. The Morgan fingerprint density at radius 1 is 1.58 bits per heavy atom. The molecule has 1 heterocycles. The number of allylic oxidation sites excluding steroid dienone is 3. The highest BCUT2D eigenvalue weighted by atomic mass is 127. The summed E-state index contributed by atoms with van der Waals surface area (Å²) in [4.78, 5) is 2.36. The molecule has 0 atom stereocenters. The highest BCUT2D eigenvalue weighted by molar-refractivity contribution is 14.1. The molecule has 68 valence electrons. The maximum Gasteiger partial charge on any atom is 0.0276 e. The Hall–Kier alpha value is 0.01000. The molecule has 0 radical (unpaired) electrons. The van der Waals surface area contributed by atoms with E-state index in [0.717, 1.165) is 6.42 Å². The van der Waals surface area contributed by atoms with E-state index < -0.39 is 0 Å². The fourth-order valence-electron chi connectivity index (χ4n) is 1.41. The smallest absolute Gasteiger partial charge is 0.0276 e. The van der Waals surface area contributed by atoms with Crippen LogP contribution in [0.5, 0.6) is 0 Å². The highest BCUT2D eigenvalue weighted by Gasteiger charge is 2.11. The molecule has 2 heteroatoms. The van der Waals surface area contributed by atoms with Crippen LogP contribution in [0.3, 0.4) is 0 Å². The van der Waals surface area contributed by atoms with Gasteiger partial charge < -0.3 is 4.90 Å². The molecule has 0 bridgehead atoms. The monoisotopic (exact) mass is 277 g/mol. The Bertz CT molecular complexity index is 194. The maximum atomic E-state index is 2.43. The van der Waals surface area contributed by atoms with Crippen molar-refractivity contribution in [3.63, 3.8) is 0 Å². The van der Waals surface area contributed by atoms with Crippen molar-refractivity contribution >= 4 is 22.6 Å². The third-order valence-electron chi connectivity index (χ3n) is 1.99. The zero-order valence-corrected chi connectivity index (χ0v) is 9.91. The lowest BCUT2D eigenvalue weighted by Gasteiger charge is -2.29. The van der Waals surface area contributed by atoms with E-state index in [0.29, 0.717) is 6.04 Å². The summed E-state index contributed by atoms with van der Waals surface area (Å²) in [6, 6.07) is 0.593. The van der Waals surface area contributed by atoms with Gasteiger partial charge in [0, 0.05) is 22.4 Å². The molecule has 0 aliphatic carbocycles. The van der Waals surface area contributed by atoms with E-state index in [-0.39, 0.29) is 0 Å². The molecule has 0 saturated heterocycles. The second-order valence-electron chi connectivity index (χ2n) is 3.26. The molecule has 0 aromatic carbocycles. The lowest BCUT2D eigenvalue weighted by Crippen LogP contribution is -2.26. The minimum absolute atomic E-state index is 0.593. The standard InChI is InChI=1S/C10H16IN/c1-9(2)12-8-4-3-5-10(12)6-7-11/h4-5,8-9H,3,6-7H2,1-2H3. The average Bonchev–Trinajstić information content (AvgIpc) is 2.05.